The first-order valence-corrected chi connectivity index (χ1v) is 6.51. The molecule has 18 heavy (non-hydrogen) atoms. The lowest BCUT2D eigenvalue weighted by molar-refractivity contribution is -0.181. The van der Waals surface area contributed by atoms with E-state index in [1.165, 1.54) is 0 Å². The van der Waals surface area contributed by atoms with Gasteiger partial charge in [0.05, 0.1) is 31.3 Å². The van der Waals surface area contributed by atoms with Gasteiger partial charge in [0, 0.05) is 19.6 Å². The second-order valence-corrected chi connectivity index (χ2v) is 5.16. The molecule has 2 rings (SSSR count). The summed E-state index contributed by atoms with van der Waals surface area (Å²) in [5.41, 5.74) is 0. The number of halogens is 3. The van der Waals surface area contributed by atoms with Crippen LogP contribution < -0.4 is 0 Å². The highest BCUT2D eigenvalue weighted by atomic mass is 19.4. The van der Waals surface area contributed by atoms with Crippen LogP contribution in [0.5, 0.6) is 0 Å². The lowest BCUT2D eigenvalue weighted by atomic mass is 10.0. The standard InChI is InChI=1S/C12H20F3NO2/c1-2-3-9(12(13,14)15)4-16(5-10-7-17-10)6-11-8-18-11/h9-11H,2-8H2,1H3. The minimum atomic E-state index is -4.11. The average Bonchev–Trinajstić information content (AvgIpc) is 3.10. The van der Waals surface area contributed by atoms with Crippen LogP contribution in [-0.4, -0.2) is 56.1 Å². The smallest absolute Gasteiger partial charge is 0.372 e. The number of nitrogens with zero attached hydrogens (tertiary/aromatic N) is 1. The predicted octanol–water partition coefficient (Wildman–Crippen LogP) is 2.06. The molecular weight excluding hydrogens is 247 g/mol. The number of rotatable bonds is 8. The normalized spacial score (nSPS) is 28.5. The SMILES string of the molecule is CCCC(CN(CC1CO1)CC1CO1)C(F)(F)F. The summed E-state index contributed by atoms with van der Waals surface area (Å²) in [6.45, 7) is 4.39. The number of epoxide rings is 2. The number of hydrogen-bond donors (Lipinski definition) is 0. The first-order chi connectivity index (χ1) is 8.49. The van der Waals surface area contributed by atoms with E-state index >= 15 is 0 Å². The van der Waals surface area contributed by atoms with Crippen molar-refractivity contribution in [3.8, 4) is 0 Å². The number of alkyl halides is 3. The van der Waals surface area contributed by atoms with Crippen LogP contribution in [0.3, 0.4) is 0 Å². The maximum Gasteiger partial charge on any atom is 0.393 e. The van der Waals surface area contributed by atoms with Gasteiger partial charge in [0.2, 0.25) is 0 Å². The quantitative estimate of drug-likeness (QED) is 0.630. The maximum absolute atomic E-state index is 12.9. The topological polar surface area (TPSA) is 28.3 Å². The van der Waals surface area contributed by atoms with Crippen LogP contribution in [0.2, 0.25) is 0 Å². The van der Waals surface area contributed by atoms with Crippen molar-refractivity contribution >= 4 is 0 Å². The van der Waals surface area contributed by atoms with Crippen molar-refractivity contribution < 1.29 is 22.6 Å². The highest BCUT2D eigenvalue weighted by molar-refractivity contribution is 4.82. The monoisotopic (exact) mass is 267 g/mol. The first-order valence-electron chi connectivity index (χ1n) is 6.51. The molecule has 2 fully saturated rings. The van der Waals surface area contributed by atoms with E-state index in [1.54, 1.807) is 6.92 Å². The van der Waals surface area contributed by atoms with Gasteiger partial charge in [-0.15, -0.1) is 0 Å². The summed E-state index contributed by atoms with van der Waals surface area (Å²) in [5.74, 6) is -1.24. The van der Waals surface area contributed by atoms with Gasteiger partial charge in [-0.05, 0) is 6.42 Å². The summed E-state index contributed by atoms with van der Waals surface area (Å²) >= 11 is 0. The Morgan fingerprint density at radius 2 is 1.67 bits per heavy atom. The molecule has 0 aromatic heterocycles. The van der Waals surface area contributed by atoms with Crippen molar-refractivity contribution in [2.24, 2.45) is 5.92 Å². The van der Waals surface area contributed by atoms with Crippen LogP contribution in [0, 0.1) is 5.92 Å². The van der Waals surface area contributed by atoms with E-state index in [1.807, 2.05) is 4.90 Å². The van der Waals surface area contributed by atoms with Crippen LogP contribution in [-0.2, 0) is 9.47 Å². The van der Waals surface area contributed by atoms with Crippen molar-refractivity contribution in [1.82, 2.24) is 4.90 Å². The van der Waals surface area contributed by atoms with Crippen LogP contribution in [0.4, 0.5) is 13.2 Å². The van der Waals surface area contributed by atoms with E-state index in [2.05, 4.69) is 0 Å². The molecule has 106 valence electrons. The lowest BCUT2D eigenvalue weighted by Crippen LogP contribution is -2.40. The van der Waals surface area contributed by atoms with Gasteiger partial charge in [-0.3, -0.25) is 4.90 Å². The highest BCUT2D eigenvalue weighted by Crippen LogP contribution is 2.31. The van der Waals surface area contributed by atoms with Crippen LogP contribution in [0.15, 0.2) is 0 Å². The summed E-state index contributed by atoms with van der Waals surface area (Å²) in [6, 6.07) is 0. The van der Waals surface area contributed by atoms with E-state index in [0.717, 1.165) is 0 Å². The van der Waals surface area contributed by atoms with E-state index in [0.29, 0.717) is 32.7 Å². The van der Waals surface area contributed by atoms with Crippen molar-refractivity contribution in [1.29, 1.82) is 0 Å². The molecule has 3 unspecified atom stereocenters. The molecule has 6 heteroatoms. The first kappa shape index (κ1) is 14.1. The zero-order valence-corrected chi connectivity index (χ0v) is 10.6. The largest absolute Gasteiger partial charge is 0.393 e. The predicted molar refractivity (Wildman–Crippen MR) is 60.4 cm³/mol. The van der Waals surface area contributed by atoms with E-state index in [-0.39, 0.29) is 25.2 Å². The Balaban J connectivity index is 1.86. The Morgan fingerprint density at radius 1 is 1.17 bits per heavy atom. The molecular formula is C12H20F3NO2. The molecule has 2 aliphatic rings. The van der Waals surface area contributed by atoms with Crippen molar-refractivity contribution in [3.05, 3.63) is 0 Å². The third-order valence-electron chi connectivity index (χ3n) is 3.31. The van der Waals surface area contributed by atoms with Gasteiger partial charge in [0.25, 0.3) is 0 Å². The zero-order chi connectivity index (χ0) is 13.2. The Hall–Kier alpha value is -0.330. The second kappa shape index (κ2) is 5.75. The summed E-state index contributed by atoms with van der Waals surface area (Å²) in [7, 11) is 0. The van der Waals surface area contributed by atoms with Crippen molar-refractivity contribution in [3.63, 3.8) is 0 Å². The van der Waals surface area contributed by atoms with Gasteiger partial charge < -0.3 is 9.47 Å². The number of ether oxygens (including phenoxy) is 2. The van der Waals surface area contributed by atoms with E-state index < -0.39 is 12.1 Å². The summed E-state index contributed by atoms with van der Waals surface area (Å²) < 4.78 is 48.9. The van der Waals surface area contributed by atoms with Gasteiger partial charge in [0.15, 0.2) is 0 Å². The Kier molecular flexibility index (Phi) is 4.50. The summed E-state index contributed by atoms with van der Waals surface area (Å²) in [5, 5.41) is 0. The molecule has 0 bridgehead atoms. The molecule has 0 N–H and O–H groups in total. The Morgan fingerprint density at radius 3 is 2.00 bits per heavy atom. The van der Waals surface area contributed by atoms with E-state index in [4.69, 9.17) is 9.47 Å². The van der Waals surface area contributed by atoms with Gasteiger partial charge >= 0.3 is 6.18 Å². The van der Waals surface area contributed by atoms with Crippen molar-refractivity contribution in [2.75, 3.05) is 32.8 Å². The maximum atomic E-state index is 12.9. The minimum absolute atomic E-state index is 0.0665. The van der Waals surface area contributed by atoms with Gasteiger partial charge in [0.1, 0.15) is 0 Å². The molecule has 0 radical (unpaired) electrons. The van der Waals surface area contributed by atoms with Crippen LogP contribution in [0.25, 0.3) is 0 Å². The fourth-order valence-electron chi connectivity index (χ4n) is 2.17. The number of hydrogen-bond acceptors (Lipinski definition) is 3. The summed E-state index contributed by atoms with van der Waals surface area (Å²) in [6.07, 6.45) is -3.11. The molecule has 3 nitrogen and oxygen atoms in total. The molecule has 0 saturated carbocycles. The Labute approximate surface area is 105 Å². The zero-order valence-electron chi connectivity index (χ0n) is 10.6. The fraction of sp³-hybridized carbons (Fsp3) is 1.00. The third kappa shape index (κ3) is 4.74. The molecule has 0 spiro atoms. The van der Waals surface area contributed by atoms with Crippen molar-refractivity contribution in [2.45, 2.75) is 38.1 Å². The lowest BCUT2D eigenvalue weighted by Gasteiger charge is -2.27. The van der Waals surface area contributed by atoms with Crippen LogP contribution in [0.1, 0.15) is 19.8 Å². The van der Waals surface area contributed by atoms with E-state index in [9.17, 15) is 13.2 Å². The van der Waals surface area contributed by atoms with Gasteiger partial charge in [-0.25, -0.2) is 0 Å². The average molecular weight is 267 g/mol. The second-order valence-electron chi connectivity index (χ2n) is 5.16. The Bertz CT molecular complexity index is 251. The molecule has 2 aliphatic heterocycles. The molecule has 0 aliphatic carbocycles. The molecule has 2 heterocycles. The third-order valence-corrected chi connectivity index (χ3v) is 3.31. The van der Waals surface area contributed by atoms with Gasteiger partial charge in [-0.2, -0.15) is 13.2 Å². The molecule has 0 aromatic carbocycles. The minimum Gasteiger partial charge on any atom is -0.372 e. The molecule has 3 atom stereocenters. The molecule has 2 saturated heterocycles. The highest BCUT2D eigenvalue weighted by Gasteiger charge is 2.41. The summed E-state index contributed by atoms with van der Waals surface area (Å²) in [4.78, 5) is 1.85. The molecule has 0 aromatic rings. The molecule has 0 amide bonds. The van der Waals surface area contributed by atoms with Crippen LogP contribution >= 0.6 is 0 Å². The fourth-order valence-corrected chi connectivity index (χ4v) is 2.17. The van der Waals surface area contributed by atoms with Gasteiger partial charge in [-0.1, -0.05) is 13.3 Å².